The molecule has 0 unspecified atom stereocenters. The molecule has 1 N–H and O–H groups in total. The normalized spacial score (nSPS) is 14.3. The maximum absolute atomic E-state index is 12.1. The van der Waals surface area contributed by atoms with E-state index in [0.29, 0.717) is 5.56 Å². The third-order valence-corrected chi connectivity index (χ3v) is 4.67. The van der Waals surface area contributed by atoms with Gasteiger partial charge in [-0.1, -0.05) is 34.1 Å². The smallest absolute Gasteiger partial charge is 0.267 e. The highest BCUT2D eigenvalue weighted by Crippen LogP contribution is 2.22. The summed E-state index contributed by atoms with van der Waals surface area (Å²) >= 11 is 3.37. The minimum absolute atomic E-state index is 0.205. The number of hydrogen-bond donors (Lipinski definition) is 1. The second-order valence-electron chi connectivity index (χ2n) is 5.84. The Morgan fingerprint density at radius 3 is 2.61 bits per heavy atom. The van der Waals surface area contributed by atoms with Gasteiger partial charge in [0.05, 0.1) is 5.71 Å². The van der Waals surface area contributed by atoms with Gasteiger partial charge in [0, 0.05) is 10.0 Å². The number of carbonyl (C=O) groups excluding carboxylic acids is 1. The summed E-state index contributed by atoms with van der Waals surface area (Å²) in [5, 5.41) is 4.25. The monoisotopic (exact) mass is 370 g/mol. The van der Waals surface area contributed by atoms with E-state index in [4.69, 9.17) is 0 Å². The molecule has 0 saturated carbocycles. The van der Waals surface area contributed by atoms with Gasteiger partial charge in [-0.05, 0) is 73.6 Å². The number of benzene rings is 2. The molecule has 0 saturated heterocycles. The first kappa shape index (κ1) is 15.9. The molecule has 23 heavy (non-hydrogen) atoms. The van der Waals surface area contributed by atoms with E-state index in [1.807, 2.05) is 19.1 Å². The quantitative estimate of drug-likeness (QED) is 0.627. The Balaban J connectivity index is 1.73. The Labute approximate surface area is 144 Å². The number of nitrogens with zero attached hydrogens (tertiary/aromatic N) is 1. The van der Waals surface area contributed by atoms with Gasteiger partial charge in [0.25, 0.3) is 5.91 Å². The number of carbonyl (C=O) groups is 1. The van der Waals surface area contributed by atoms with Crippen LogP contribution < -0.4 is 5.43 Å². The third kappa shape index (κ3) is 3.88. The fraction of sp³-hybridized carbons (Fsp3) is 0.263. The van der Waals surface area contributed by atoms with Crippen molar-refractivity contribution in [3.63, 3.8) is 0 Å². The number of aryl methyl sites for hydroxylation is 2. The van der Waals surface area contributed by atoms with Crippen LogP contribution in [0.4, 0.5) is 0 Å². The first-order valence-electron chi connectivity index (χ1n) is 7.86. The summed E-state index contributed by atoms with van der Waals surface area (Å²) < 4.78 is 0.875. The lowest BCUT2D eigenvalue weighted by molar-refractivity contribution is 0.0955. The van der Waals surface area contributed by atoms with Crippen molar-refractivity contribution in [1.82, 2.24) is 5.43 Å². The fourth-order valence-corrected chi connectivity index (χ4v) is 3.25. The molecule has 0 aromatic heterocycles. The summed E-state index contributed by atoms with van der Waals surface area (Å²) in [4.78, 5) is 12.1. The molecule has 0 spiro atoms. The Morgan fingerprint density at radius 1 is 1.04 bits per heavy atom. The van der Waals surface area contributed by atoms with Gasteiger partial charge in [-0.15, -0.1) is 0 Å². The lowest BCUT2D eigenvalue weighted by Crippen LogP contribution is -2.19. The summed E-state index contributed by atoms with van der Waals surface area (Å²) in [6.07, 6.45) is 4.85. The van der Waals surface area contributed by atoms with Crippen molar-refractivity contribution < 1.29 is 4.79 Å². The molecule has 0 aliphatic heterocycles. The van der Waals surface area contributed by atoms with Crippen LogP contribution in [-0.2, 0) is 12.8 Å². The molecule has 118 valence electrons. The van der Waals surface area contributed by atoms with Crippen molar-refractivity contribution in [3.05, 3.63) is 69.2 Å². The Hall–Kier alpha value is -1.94. The number of nitrogens with one attached hydrogen (secondary N) is 1. The maximum atomic E-state index is 12.1. The van der Waals surface area contributed by atoms with E-state index in [1.54, 1.807) is 12.1 Å². The zero-order chi connectivity index (χ0) is 16.2. The van der Waals surface area contributed by atoms with Crippen molar-refractivity contribution >= 4 is 27.5 Å². The van der Waals surface area contributed by atoms with Crippen LogP contribution in [0.2, 0.25) is 0 Å². The van der Waals surface area contributed by atoms with Gasteiger partial charge in [-0.25, -0.2) is 5.43 Å². The standard InChI is InChI=1S/C19H19BrN2O/c1-13(15-10-9-14-5-2-3-6-16(14)11-15)21-22-19(23)17-7-4-8-18(20)12-17/h4,7-12H,2-3,5-6H2,1H3,(H,22,23)/b21-13-. The molecule has 0 heterocycles. The fourth-order valence-electron chi connectivity index (χ4n) is 2.85. The topological polar surface area (TPSA) is 41.5 Å². The van der Waals surface area contributed by atoms with E-state index in [-0.39, 0.29) is 5.91 Å². The van der Waals surface area contributed by atoms with Crippen molar-refractivity contribution in [2.75, 3.05) is 0 Å². The van der Waals surface area contributed by atoms with Gasteiger partial charge in [0.2, 0.25) is 0 Å². The van der Waals surface area contributed by atoms with Crippen LogP contribution >= 0.6 is 15.9 Å². The highest BCUT2D eigenvalue weighted by atomic mass is 79.9. The van der Waals surface area contributed by atoms with Crippen LogP contribution in [0.25, 0.3) is 0 Å². The molecule has 2 aromatic rings. The predicted molar refractivity (Wildman–Crippen MR) is 96.9 cm³/mol. The Kier molecular flexibility index (Phi) is 4.91. The summed E-state index contributed by atoms with van der Waals surface area (Å²) in [6.45, 7) is 1.92. The molecule has 1 amide bonds. The van der Waals surface area contributed by atoms with Crippen molar-refractivity contribution in [3.8, 4) is 0 Å². The molecule has 0 fully saturated rings. The van der Waals surface area contributed by atoms with E-state index >= 15 is 0 Å². The van der Waals surface area contributed by atoms with Crippen LogP contribution in [0.5, 0.6) is 0 Å². The molecule has 0 atom stereocenters. The van der Waals surface area contributed by atoms with E-state index in [2.05, 4.69) is 44.7 Å². The molecule has 1 aliphatic rings. The lowest BCUT2D eigenvalue weighted by Gasteiger charge is -2.16. The van der Waals surface area contributed by atoms with Gasteiger partial charge < -0.3 is 0 Å². The van der Waals surface area contributed by atoms with Crippen molar-refractivity contribution in [2.24, 2.45) is 5.10 Å². The third-order valence-electron chi connectivity index (χ3n) is 4.18. The van der Waals surface area contributed by atoms with Crippen LogP contribution in [-0.4, -0.2) is 11.6 Å². The van der Waals surface area contributed by atoms with E-state index in [9.17, 15) is 4.79 Å². The number of amides is 1. The number of hydrogen-bond acceptors (Lipinski definition) is 2. The second-order valence-corrected chi connectivity index (χ2v) is 6.75. The van der Waals surface area contributed by atoms with Crippen LogP contribution in [0, 0.1) is 0 Å². The number of rotatable bonds is 3. The number of hydrazone groups is 1. The predicted octanol–water partition coefficient (Wildman–Crippen LogP) is 4.48. The highest BCUT2D eigenvalue weighted by molar-refractivity contribution is 9.10. The van der Waals surface area contributed by atoms with Gasteiger partial charge >= 0.3 is 0 Å². The molecular formula is C19H19BrN2O. The summed E-state index contributed by atoms with van der Waals surface area (Å²) in [7, 11) is 0. The Morgan fingerprint density at radius 2 is 1.83 bits per heavy atom. The largest absolute Gasteiger partial charge is 0.271 e. The maximum Gasteiger partial charge on any atom is 0.271 e. The molecule has 1 aliphatic carbocycles. The van der Waals surface area contributed by atoms with E-state index in [0.717, 1.165) is 22.2 Å². The summed E-state index contributed by atoms with van der Waals surface area (Å²) in [5.41, 5.74) is 7.98. The molecular weight excluding hydrogens is 352 g/mol. The SMILES string of the molecule is C/C(=N/NC(=O)c1cccc(Br)c1)c1ccc2c(c1)CCCC2. The first-order valence-corrected chi connectivity index (χ1v) is 8.65. The van der Waals surface area contributed by atoms with Gasteiger partial charge in [-0.3, -0.25) is 4.79 Å². The Bertz CT molecular complexity index is 768. The zero-order valence-corrected chi connectivity index (χ0v) is 14.7. The second kappa shape index (κ2) is 7.09. The molecule has 2 aromatic carbocycles. The summed E-state index contributed by atoms with van der Waals surface area (Å²) in [6, 6.07) is 13.8. The molecule has 4 heteroatoms. The number of fused-ring (bicyclic) bond motifs is 1. The highest BCUT2D eigenvalue weighted by Gasteiger charge is 2.11. The molecule has 0 bridgehead atoms. The summed E-state index contributed by atoms with van der Waals surface area (Å²) in [5.74, 6) is -0.205. The minimum Gasteiger partial charge on any atom is -0.267 e. The van der Waals surface area contributed by atoms with Gasteiger partial charge in [-0.2, -0.15) is 5.10 Å². The van der Waals surface area contributed by atoms with Gasteiger partial charge in [0.1, 0.15) is 0 Å². The zero-order valence-electron chi connectivity index (χ0n) is 13.1. The van der Waals surface area contributed by atoms with Crippen LogP contribution in [0.15, 0.2) is 52.0 Å². The minimum atomic E-state index is -0.205. The molecule has 0 radical (unpaired) electrons. The number of halogens is 1. The van der Waals surface area contributed by atoms with E-state index in [1.165, 1.54) is 30.4 Å². The van der Waals surface area contributed by atoms with Crippen LogP contribution in [0.3, 0.4) is 0 Å². The first-order chi connectivity index (χ1) is 11.1. The lowest BCUT2D eigenvalue weighted by atomic mass is 9.90. The van der Waals surface area contributed by atoms with Crippen molar-refractivity contribution in [1.29, 1.82) is 0 Å². The molecule has 3 nitrogen and oxygen atoms in total. The van der Waals surface area contributed by atoms with Crippen molar-refractivity contribution in [2.45, 2.75) is 32.6 Å². The molecule has 3 rings (SSSR count). The average molecular weight is 371 g/mol. The average Bonchev–Trinajstić information content (AvgIpc) is 2.59. The van der Waals surface area contributed by atoms with Crippen LogP contribution in [0.1, 0.15) is 46.8 Å². The van der Waals surface area contributed by atoms with E-state index < -0.39 is 0 Å². The van der Waals surface area contributed by atoms with Gasteiger partial charge in [0.15, 0.2) is 0 Å².